The Hall–Kier alpha value is -2.00. The molecule has 4 aliphatic rings. The molecule has 2 bridgehead atoms. The molecule has 1 aliphatic carbocycles. The van der Waals surface area contributed by atoms with Gasteiger partial charge in [-0.05, 0) is 59.5 Å². The predicted molar refractivity (Wildman–Crippen MR) is 102 cm³/mol. The number of rotatable bonds is 4. The molecule has 9 nitrogen and oxygen atoms in total. The third-order valence-electron chi connectivity index (χ3n) is 6.56. The molecule has 9 heteroatoms. The number of amides is 2. The Morgan fingerprint density at radius 2 is 1.96 bits per heavy atom. The van der Waals surface area contributed by atoms with E-state index in [1.54, 1.807) is 18.1 Å². The van der Waals surface area contributed by atoms with Crippen LogP contribution in [0.4, 0.5) is 0 Å². The minimum Gasteiger partial charge on any atom is -0.365 e. The molecule has 0 unspecified atom stereocenters. The van der Waals surface area contributed by atoms with Crippen LogP contribution in [0.3, 0.4) is 0 Å². The molecule has 4 fully saturated rings. The molecular formula is C19H30N6O3. The zero-order chi connectivity index (χ0) is 20.2. The highest BCUT2D eigenvalue weighted by Crippen LogP contribution is 2.68. The molecule has 0 radical (unpaired) electrons. The van der Waals surface area contributed by atoms with Gasteiger partial charge in [-0.1, -0.05) is 0 Å². The van der Waals surface area contributed by atoms with Crippen LogP contribution in [0.5, 0.6) is 0 Å². The van der Waals surface area contributed by atoms with Crippen molar-refractivity contribution in [3.05, 3.63) is 12.2 Å². The number of aromatic nitrogens is 3. The van der Waals surface area contributed by atoms with Crippen LogP contribution in [0.1, 0.15) is 57.1 Å². The maximum Gasteiger partial charge on any atom is 0.291 e. The summed E-state index contributed by atoms with van der Waals surface area (Å²) in [4.78, 5) is 29.4. The number of hydrogen-bond acceptors (Lipinski definition) is 6. The van der Waals surface area contributed by atoms with Gasteiger partial charge in [-0.25, -0.2) is 9.67 Å². The van der Waals surface area contributed by atoms with E-state index in [1.807, 2.05) is 20.8 Å². The van der Waals surface area contributed by atoms with E-state index in [4.69, 9.17) is 4.74 Å². The van der Waals surface area contributed by atoms with Crippen LogP contribution in [-0.2, 0) is 15.1 Å². The van der Waals surface area contributed by atoms with Gasteiger partial charge in [0.15, 0.2) is 0 Å². The van der Waals surface area contributed by atoms with E-state index in [-0.39, 0.29) is 23.2 Å². The lowest BCUT2D eigenvalue weighted by Crippen LogP contribution is -2.61. The summed E-state index contributed by atoms with van der Waals surface area (Å²) < 4.78 is 8.24. The molecule has 0 aromatic carbocycles. The van der Waals surface area contributed by atoms with Crippen molar-refractivity contribution in [2.24, 2.45) is 5.41 Å². The highest BCUT2D eigenvalue weighted by Gasteiger charge is 2.77. The first-order valence-electron chi connectivity index (χ1n) is 9.99. The predicted octanol–water partition coefficient (Wildman–Crippen LogP) is 0.180. The normalized spacial score (nSPS) is 30.7. The fraction of sp³-hybridized carbons (Fsp3) is 0.789. The molecule has 3 N–H and O–H groups in total. The summed E-state index contributed by atoms with van der Waals surface area (Å²) in [7, 11) is 1.68. The van der Waals surface area contributed by atoms with E-state index in [1.165, 1.54) is 0 Å². The Labute approximate surface area is 165 Å². The van der Waals surface area contributed by atoms with E-state index in [0.717, 1.165) is 25.9 Å². The summed E-state index contributed by atoms with van der Waals surface area (Å²) in [5.74, 6) is -0.109. The van der Waals surface area contributed by atoms with E-state index >= 15 is 0 Å². The molecule has 0 atom stereocenters. The smallest absolute Gasteiger partial charge is 0.291 e. The summed E-state index contributed by atoms with van der Waals surface area (Å²) in [6.45, 7) is 8.05. The maximum atomic E-state index is 12.7. The van der Waals surface area contributed by atoms with Crippen LogP contribution in [0.2, 0.25) is 0 Å². The van der Waals surface area contributed by atoms with Crippen LogP contribution in [0.15, 0.2) is 6.33 Å². The SMILES string of the molecule is CNC(=O)C12CC(CNC(=O)c3ncn(C(C)(C)C)n3)(C1)OC21CCNCC1. The molecule has 1 aromatic rings. The average Bonchev–Trinajstić information content (AvgIpc) is 3.28. The largest absolute Gasteiger partial charge is 0.365 e. The van der Waals surface area contributed by atoms with Gasteiger partial charge in [0.25, 0.3) is 5.91 Å². The molecule has 3 aliphatic heterocycles. The molecule has 2 amide bonds. The first kappa shape index (κ1) is 19.3. The first-order valence-corrected chi connectivity index (χ1v) is 9.99. The van der Waals surface area contributed by atoms with Gasteiger partial charge in [0.1, 0.15) is 6.33 Å². The number of piperidine rings is 1. The molecule has 28 heavy (non-hydrogen) atoms. The number of carbonyl (C=O) groups excluding carboxylic acids is 2. The second kappa shape index (κ2) is 6.25. The van der Waals surface area contributed by atoms with Crippen LogP contribution >= 0.6 is 0 Å². The summed E-state index contributed by atoms with van der Waals surface area (Å²) in [5, 5.41) is 13.4. The van der Waals surface area contributed by atoms with Crippen molar-refractivity contribution in [1.29, 1.82) is 0 Å². The minimum absolute atomic E-state index is 0.0550. The highest BCUT2D eigenvalue weighted by molar-refractivity contribution is 5.90. The molecule has 1 aromatic heterocycles. The molecule has 154 valence electrons. The van der Waals surface area contributed by atoms with Crippen LogP contribution in [-0.4, -0.2) is 64.5 Å². The van der Waals surface area contributed by atoms with Gasteiger partial charge in [0.2, 0.25) is 11.7 Å². The summed E-state index contributed by atoms with van der Waals surface area (Å²) in [6.07, 6.45) is 4.48. The number of ether oxygens (including phenoxy) is 1. The van der Waals surface area contributed by atoms with Gasteiger partial charge < -0.3 is 20.7 Å². The second-order valence-corrected chi connectivity index (χ2v) is 9.41. The Bertz CT molecular complexity index is 784. The van der Waals surface area contributed by atoms with E-state index < -0.39 is 16.6 Å². The van der Waals surface area contributed by atoms with Crippen molar-refractivity contribution >= 4 is 11.8 Å². The molecule has 4 heterocycles. The Morgan fingerprint density at radius 3 is 2.54 bits per heavy atom. The lowest BCUT2D eigenvalue weighted by molar-refractivity contribution is -0.140. The number of hydrogen-bond donors (Lipinski definition) is 3. The number of nitrogens with one attached hydrogen (secondary N) is 3. The summed E-state index contributed by atoms with van der Waals surface area (Å²) in [5.41, 5.74) is -1.64. The van der Waals surface area contributed by atoms with Crippen molar-refractivity contribution in [3.63, 3.8) is 0 Å². The van der Waals surface area contributed by atoms with Crippen molar-refractivity contribution in [1.82, 2.24) is 30.7 Å². The second-order valence-electron chi connectivity index (χ2n) is 9.41. The molecule has 1 saturated carbocycles. The lowest BCUT2D eigenvalue weighted by atomic mass is 9.53. The van der Waals surface area contributed by atoms with E-state index in [2.05, 4.69) is 26.0 Å². The third kappa shape index (κ3) is 2.75. The zero-order valence-electron chi connectivity index (χ0n) is 17.1. The summed E-state index contributed by atoms with van der Waals surface area (Å²) >= 11 is 0. The van der Waals surface area contributed by atoms with Crippen molar-refractivity contribution in [3.8, 4) is 0 Å². The van der Waals surface area contributed by atoms with Gasteiger partial charge in [0.05, 0.1) is 22.2 Å². The van der Waals surface area contributed by atoms with Crippen LogP contribution in [0.25, 0.3) is 0 Å². The number of carbonyl (C=O) groups is 2. The van der Waals surface area contributed by atoms with Gasteiger partial charge in [-0.15, -0.1) is 5.10 Å². The van der Waals surface area contributed by atoms with Gasteiger partial charge in [-0.2, -0.15) is 0 Å². The average molecular weight is 390 g/mol. The zero-order valence-corrected chi connectivity index (χ0v) is 17.1. The fourth-order valence-corrected chi connectivity index (χ4v) is 5.14. The monoisotopic (exact) mass is 390 g/mol. The minimum atomic E-state index is -0.485. The number of nitrogens with zero attached hydrogens (tertiary/aromatic N) is 3. The Balaban J connectivity index is 1.46. The topological polar surface area (TPSA) is 110 Å². The van der Waals surface area contributed by atoms with Gasteiger partial charge in [-0.3, -0.25) is 9.59 Å². The van der Waals surface area contributed by atoms with Gasteiger partial charge in [0, 0.05) is 13.6 Å². The molecule has 1 spiro atoms. The molecular weight excluding hydrogens is 360 g/mol. The van der Waals surface area contributed by atoms with Crippen molar-refractivity contribution in [2.75, 3.05) is 26.7 Å². The van der Waals surface area contributed by atoms with Crippen molar-refractivity contribution in [2.45, 2.75) is 63.2 Å². The Morgan fingerprint density at radius 1 is 1.29 bits per heavy atom. The Kier molecular flexibility index (Phi) is 4.31. The van der Waals surface area contributed by atoms with Gasteiger partial charge >= 0.3 is 0 Å². The van der Waals surface area contributed by atoms with Crippen LogP contribution in [0, 0.1) is 5.41 Å². The lowest BCUT2D eigenvalue weighted by Gasteiger charge is -2.47. The quantitative estimate of drug-likeness (QED) is 0.677. The van der Waals surface area contributed by atoms with Crippen molar-refractivity contribution < 1.29 is 14.3 Å². The summed E-state index contributed by atoms with van der Waals surface area (Å²) in [6, 6.07) is 0. The van der Waals surface area contributed by atoms with Crippen LogP contribution < -0.4 is 16.0 Å². The highest BCUT2D eigenvalue weighted by atomic mass is 16.5. The standard InChI is InChI=1S/C19H30N6O3/c1-16(2,3)25-12-23-13(24-25)14(26)22-11-17-9-18(10-17,15(27)20-4)19(28-17)5-7-21-8-6-19/h12,21H,5-11H2,1-4H3,(H,20,27)(H,22,26). The molecule has 5 rings (SSSR count). The maximum absolute atomic E-state index is 12.7. The first-order chi connectivity index (χ1) is 13.2. The van der Waals surface area contributed by atoms with E-state index in [9.17, 15) is 9.59 Å². The fourth-order valence-electron chi connectivity index (χ4n) is 5.14. The third-order valence-corrected chi connectivity index (χ3v) is 6.56. The van der Waals surface area contributed by atoms with E-state index in [0.29, 0.717) is 19.4 Å². The molecule has 3 saturated heterocycles.